The van der Waals surface area contributed by atoms with Crippen molar-refractivity contribution in [3.8, 4) is 0 Å². The van der Waals surface area contributed by atoms with E-state index in [0.717, 1.165) is 43.6 Å². The van der Waals surface area contributed by atoms with Crippen LogP contribution in [-0.4, -0.2) is 29.6 Å². The second-order valence-corrected chi connectivity index (χ2v) is 7.28. The standard InChI is InChI=1S/C22H32N2O.C2H6/c1-6-17(4)19-8-10-20(11-9-19)18(5)23-21(7-2)22(25)24-14-12-16(3)13-15-24;1-2/h7-11,16-17H,6,12-15H2,1-5H3;1-2H3/b21-7-,23-18?;. The highest BCUT2D eigenvalue weighted by Gasteiger charge is 2.22. The van der Waals surface area contributed by atoms with Gasteiger partial charge < -0.3 is 4.90 Å². The normalized spacial score (nSPS) is 17.2. The van der Waals surface area contributed by atoms with Crippen molar-refractivity contribution in [2.75, 3.05) is 13.1 Å². The lowest BCUT2D eigenvalue weighted by atomic mass is 9.97. The molecule has 0 spiro atoms. The van der Waals surface area contributed by atoms with Gasteiger partial charge in [0, 0.05) is 18.8 Å². The van der Waals surface area contributed by atoms with Crippen LogP contribution in [0.1, 0.15) is 84.8 Å². The highest BCUT2D eigenvalue weighted by molar-refractivity contribution is 6.03. The van der Waals surface area contributed by atoms with Gasteiger partial charge in [-0.2, -0.15) is 0 Å². The SMILES string of the molecule is C/C=C(\N=C(C)c1ccc(C(C)CC)cc1)C(=O)N1CCC(C)CC1.CC. The number of likely N-dealkylation sites (tertiary alicyclic amines) is 1. The Labute approximate surface area is 166 Å². The van der Waals surface area contributed by atoms with Gasteiger partial charge in [-0.15, -0.1) is 0 Å². The molecule has 0 N–H and O–H groups in total. The molecule has 150 valence electrons. The molecule has 1 heterocycles. The van der Waals surface area contributed by atoms with Crippen LogP contribution in [0.3, 0.4) is 0 Å². The molecule has 3 nitrogen and oxygen atoms in total. The van der Waals surface area contributed by atoms with E-state index in [1.807, 2.05) is 38.7 Å². The molecule has 1 aromatic carbocycles. The molecule has 1 fully saturated rings. The van der Waals surface area contributed by atoms with Gasteiger partial charge in [-0.25, -0.2) is 4.99 Å². The fraction of sp³-hybridized carbons (Fsp3) is 0.583. The molecule has 1 aromatic rings. The third kappa shape index (κ3) is 6.64. The average Bonchev–Trinajstić information content (AvgIpc) is 2.72. The van der Waals surface area contributed by atoms with Gasteiger partial charge in [-0.1, -0.05) is 65.0 Å². The highest BCUT2D eigenvalue weighted by Crippen LogP contribution is 2.20. The summed E-state index contributed by atoms with van der Waals surface area (Å²) in [6.45, 7) is 16.3. The summed E-state index contributed by atoms with van der Waals surface area (Å²) in [4.78, 5) is 19.3. The van der Waals surface area contributed by atoms with Gasteiger partial charge in [0.15, 0.2) is 0 Å². The predicted molar refractivity (Wildman–Crippen MR) is 117 cm³/mol. The number of nitrogens with zero attached hydrogens (tertiary/aromatic N) is 2. The predicted octanol–water partition coefficient (Wildman–Crippen LogP) is 6.20. The lowest BCUT2D eigenvalue weighted by Crippen LogP contribution is -2.38. The Bertz CT molecular complexity index is 635. The van der Waals surface area contributed by atoms with Crippen LogP contribution in [-0.2, 0) is 4.79 Å². The lowest BCUT2D eigenvalue weighted by molar-refractivity contribution is -0.128. The molecule has 0 saturated carbocycles. The van der Waals surface area contributed by atoms with Crippen LogP contribution in [0.2, 0.25) is 0 Å². The van der Waals surface area contributed by atoms with Crippen molar-refractivity contribution in [1.82, 2.24) is 4.90 Å². The Kier molecular flexibility index (Phi) is 10.1. The molecular formula is C24H38N2O. The molecule has 1 aliphatic rings. The topological polar surface area (TPSA) is 32.7 Å². The summed E-state index contributed by atoms with van der Waals surface area (Å²) in [5, 5.41) is 0. The van der Waals surface area contributed by atoms with Crippen LogP contribution in [0, 0.1) is 5.92 Å². The number of hydrogen-bond acceptors (Lipinski definition) is 2. The number of amides is 1. The van der Waals surface area contributed by atoms with Crippen molar-refractivity contribution in [3.05, 3.63) is 47.2 Å². The number of carbonyl (C=O) groups is 1. The summed E-state index contributed by atoms with van der Waals surface area (Å²) in [6.07, 6.45) is 5.14. The molecule has 1 amide bonds. The number of hydrogen-bond donors (Lipinski definition) is 0. The van der Waals surface area contributed by atoms with E-state index in [2.05, 4.69) is 50.0 Å². The van der Waals surface area contributed by atoms with Crippen molar-refractivity contribution in [2.24, 2.45) is 10.9 Å². The number of piperidine rings is 1. The number of aliphatic imine (C=N–C) groups is 1. The molecule has 27 heavy (non-hydrogen) atoms. The van der Waals surface area contributed by atoms with Gasteiger partial charge in [-0.05, 0) is 56.1 Å². The van der Waals surface area contributed by atoms with Crippen molar-refractivity contribution in [2.45, 2.75) is 73.6 Å². The molecular weight excluding hydrogens is 332 g/mol. The fourth-order valence-electron chi connectivity index (χ4n) is 3.14. The summed E-state index contributed by atoms with van der Waals surface area (Å²) in [5.41, 5.74) is 3.87. The minimum Gasteiger partial charge on any atom is -0.337 e. The molecule has 0 bridgehead atoms. The Balaban J connectivity index is 0.00000176. The van der Waals surface area contributed by atoms with Crippen molar-refractivity contribution in [1.29, 1.82) is 0 Å². The Hall–Kier alpha value is -1.90. The highest BCUT2D eigenvalue weighted by atomic mass is 16.2. The lowest BCUT2D eigenvalue weighted by Gasteiger charge is -2.30. The van der Waals surface area contributed by atoms with Gasteiger partial charge in [0.1, 0.15) is 5.70 Å². The molecule has 1 saturated heterocycles. The Morgan fingerprint density at radius 3 is 2.26 bits per heavy atom. The van der Waals surface area contributed by atoms with E-state index < -0.39 is 0 Å². The third-order valence-corrected chi connectivity index (χ3v) is 5.36. The van der Waals surface area contributed by atoms with Crippen LogP contribution in [0.5, 0.6) is 0 Å². The minimum atomic E-state index is 0.0602. The van der Waals surface area contributed by atoms with Gasteiger partial charge in [-0.3, -0.25) is 4.79 Å². The number of rotatable bonds is 5. The van der Waals surface area contributed by atoms with Gasteiger partial charge in [0.2, 0.25) is 0 Å². The maximum atomic E-state index is 12.7. The van der Waals surface area contributed by atoms with E-state index in [0.29, 0.717) is 17.5 Å². The summed E-state index contributed by atoms with van der Waals surface area (Å²) < 4.78 is 0. The first-order valence-corrected chi connectivity index (χ1v) is 10.6. The zero-order chi connectivity index (χ0) is 20.4. The fourth-order valence-corrected chi connectivity index (χ4v) is 3.14. The van der Waals surface area contributed by atoms with E-state index in [4.69, 9.17) is 0 Å². The second kappa shape index (κ2) is 11.7. The Morgan fingerprint density at radius 2 is 1.78 bits per heavy atom. The van der Waals surface area contributed by atoms with Crippen LogP contribution in [0.15, 0.2) is 41.0 Å². The van der Waals surface area contributed by atoms with E-state index in [1.54, 1.807) is 0 Å². The molecule has 1 atom stereocenters. The van der Waals surface area contributed by atoms with E-state index >= 15 is 0 Å². The molecule has 0 aliphatic carbocycles. The quantitative estimate of drug-likeness (QED) is 0.449. The maximum Gasteiger partial charge on any atom is 0.272 e. The molecule has 0 aromatic heterocycles. The van der Waals surface area contributed by atoms with Gasteiger partial charge in [0.05, 0.1) is 0 Å². The van der Waals surface area contributed by atoms with E-state index in [-0.39, 0.29) is 5.91 Å². The van der Waals surface area contributed by atoms with Crippen molar-refractivity contribution in [3.63, 3.8) is 0 Å². The van der Waals surface area contributed by atoms with Gasteiger partial charge in [0.25, 0.3) is 5.91 Å². The molecule has 2 rings (SSSR count). The Morgan fingerprint density at radius 1 is 1.22 bits per heavy atom. The molecule has 3 heteroatoms. The number of benzene rings is 1. The molecule has 1 unspecified atom stereocenters. The summed E-state index contributed by atoms with van der Waals surface area (Å²) in [5.74, 6) is 1.35. The smallest absolute Gasteiger partial charge is 0.272 e. The van der Waals surface area contributed by atoms with Crippen molar-refractivity contribution < 1.29 is 4.79 Å². The number of allylic oxidation sites excluding steroid dienone is 1. The first-order valence-electron chi connectivity index (χ1n) is 10.6. The van der Waals surface area contributed by atoms with E-state index in [1.165, 1.54) is 5.56 Å². The first kappa shape index (κ1) is 23.1. The zero-order valence-electron chi connectivity index (χ0n) is 18.4. The van der Waals surface area contributed by atoms with Crippen LogP contribution in [0.4, 0.5) is 0 Å². The first-order chi connectivity index (χ1) is 13.0. The monoisotopic (exact) mass is 370 g/mol. The van der Waals surface area contributed by atoms with Gasteiger partial charge >= 0.3 is 0 Å². The maximum absolute atomic E-state index is 12.7. The minimum absolute atomic E-state index is 0.0602. The second-order valence-electron chi connectivity index (χ2n) is 7.28. The molecule has 0 radical (unpaired) electrons. The van der Waals surface area contributed by atoms with Crippen LogP contribution < -0.4 is 0 Å². The zero-order valence-corrected chi connectivity index (χ0v) is 18.4. The van der Waals surface area contributed by atoms with Crippen molar-refractivity contribution >= 4 is 11.6 Å². The third-order valence-electron chi connectivity index (χ3n) is 5.36. The number of carbonyl (C=O) groups excluding carboxylic acids is 1. The van der Waals surface area contributed by atoms with Crippen LogP contribution >= 0.6 is 0 Å². The summed E-state index contributed by atoms with van der Waals surface area (Å²) >= 11 is 0. The largest absolute Gasteiger partial charge is 0.337 e. The average molecular weight is 371 g/mol. The summed E-state index contributed by atoms with van der Waals surface area (Å²) in [7, 11) is 0. The summed E-state index contributed by atoms with van der Waals surface area (Å²) in [6, 6.07) is 8.57. The van der Waals surface area contributed by atoms with E-state index in [9.17, 15) is 4.79 Å². The van der Waals surface area contributed by atoms with Crippen LogP contribution in [0.25, 0.3) is 0 Å². The molecule has 1 aliphatic heterocycles.